The minimum atomic E-state index is -0.0956. The zero-order valence-corrected chi connectivity index (χ0v) is 10.7. The van der Waals surface area contributed by atoms with Crippen molar-refractivity contribution in [3.63, 3.8) is 0 Å². The van der Waals surface area contributed by atoms with Crippen LogP contribution in [-0.2, 0) is 9.53 Å². The van der Waals surface area contributed by atoms with Crippen molar-refractivity contribution in [2.24, 2.45) is 5.92 Å². The molecule has 0 spiro atoms. The molecule has 96 valence electrons. The maximum atomic E-state index is 12.0. The number of carbonyl (C=O) groups is 1. The zero-order chi connectivity index (χ0) is 12.7. The van der Waals surface area contributed by atoms with E-state index in [1.54, 1.807) is 0 Å². The lowest BCUT2D eigenvalue weighted by Crippen LogP contribution is -2.46. The monoisotopic (exact) mass is 238 g/mol. The molecule has 1 saturated heterocycles. The summed E-state index contributed by atoms with van der Waals surface area (Å²) < 4.78 is 5.37. The van der Waals surface area contributed by atoms with Gasteiger partial charge >= 0.3 is 0 Å². The summed E-state index contributed by atoms with van der Waals surface area (Å²) >= 11 is 0. The maximum absolute atomic E-state index is 12.0. The average Bonchev–Trinajstić information content (AvgIpc) is 2.74. The third kappa shape index (κ3) is 4.37. The van der Waals surface area contributed by atoms with Crippen molar-refractivity contribution in [1.29, 1.82) is 0 Å². The number of rotatable bonds is 6. The first-order valence-electron chi connectivity index (χ1n) is 6.24. The molecule has 1 rings (SSSR count). The number of amides is 1. The molecule has 0 aliphatic carbocycles. The molecule has 1 amide bonds. The Labute approximate surface area is 103 Å². The number of carbonyl (C=O) groups excluding carboxylic acids is 1. The molecule has 4 nitrogen and oxygen atoms in total. The van der Waals surface area contributed by atoms with Crippen LogP contribution in [0.5, 0.6) is 0 Å². The Kier molecular flexibility index (Phi) is 6.03. The normalized spacial score (nSPS) is 25.2. The molecule has 3 unspecified atom stereocenters. The summed E-state index contributed by atoms with van der Waals surface area (Å²) in [5.41, 5.74) is 0. The van der Waals surface area contributed by atoms with Crippen molar-refractivity contribution < 1.29 is 9.53 Å². The lowest BCUT2D eigenvalue weighted by atomic mass is 10.0. The largest absolute Gasteiger partial charge is 0.379 e. The van der Waals surface area contributed by atoms with Gasteiger partial charge in [0.25, 0.3) is 0 Å². The summed E-state index contributed by atoms with van der Waals surface area (Å²) in [6.07, 6.45) is 6.83. The molecule has 1 aliphatic heterocycles. The van der Waals surface area contributed by atoms with E-state index in [4.69, 9.17) is 11.2 Å². The standard InChI is InChI=1S/C13H22N2O2/c1-4-6-10(3)15-13(16)11-8-17-9-12(11)14-7-5-2/h1,10-12,14H,5-9H2,2-3H3,(H,15,16). The van der Waals surface area contributed by atoms with Crippen molar-refractivity contribution >= 4 is 5.91 Å². The van der Waals surface area contributed by atoms with Crippen LogP contribution in [0.25, 0.3) is 0 Å². The maximum Gasteiger partial charge on any atom is 0.227 e. The van der Waals surface area contributed by atoms with Gasteiger partial charge in [-0.25, -0.2) is 0 Å². The summed E-state index contributed by atoms with van der Waals surface area (Å²) in [5, 5.41) is 6.27. The molecule has 0 aromatic rings. The lowest BCUT2D eigenvalue weighted by Gasteiger charge is -2.20. The summed E-state index contributed by atoms with van der Waals surface area (Å²) in [4.78, 5) is 12.0. The molecule has 0 saturated carbocycles. The molecular formula is C13H22N2O2. The van der Waals surface area contributed by atoms with Gasteiger partial charge in [0.2, 0.25) is 5.91 Å². The quantitative estimate of drug-likeness (QED) is 0.664. The van der Waals surface area contributed by atoms with Crippen LogP contribution < -0.4 is 10.6 Å². The van der Waals surface area contributed by atoms with E-state index >= 15 is 0 Å². The van der Waals surface area contributed by atoms with Crippen LogP contribution in [0, 0.1) is 18.3 Å². The Balaban J connectivity index is 2.41. The highest BCUT2D eigenvalue weighted by atomic mass is 16.5. The fraction of sp³-hybridized carbons (Fsp3) is 0.769. The fourth-order valence-electron chi connectivity index (χ4n) is 1.92. The topological polar surface area (TPSA) is 50.4 Å². The first-order chi connectivity index (χ1) is 8.19. The summed E-state index contributed by atoms with van der Waals surface area (Å²) in [5.74, 6) is 2.49. The number of ether oxygens (including phenoxy) is 1. The number of nitrogens with one attached hydrogen (secondary N) is 2. The summed E-state index contributed by atoms with van der Waals surface area (Å²) in [6, 6.07) is 0.160. The van der Waals surface area contributed by atoms with Gasteiger partial charge in [-0.2, -0.15) is 0 Å². The Morgan fingerprint density at radius 2 is 2.35 bits per heavy atom. The van der Waals surface area contributed by atoms with E-state index in [2.05, 4.69) is 23.5 Å². The Bertz CT molecular complexity index is 286. The molecule has 1 fully saturated rings. The predicted molar refractivity (Wildman–Crippen MR) is 67.4 cm³/mol. The highest BCUT2D eigenvalue weighted by molar-refractivity contribution is 5.80. The first-order valence-corrected chi connectivity index (χ1v) is 6.24. The summed E-state index contributed by atoms with van der Waals surface area (Å²) in [7, 11) is 0. The van der Waals surface area contributed by atoms with E-state index in [0.717, 1.165) is 13.0 Å². The van der Waals surface area contributed by atoms with Crippen molar-refractivity contribution in [3.05, 3.63) is 0 Å². The van der Waals surface area contributed by atoms with Gasteiger partial charge in [0, 0.05) is 18.5 Å². The molecule has 1 aliphatic rings. The number of hydrogen-bond donors (Lipinski definition) is 2. The minimum Gasteiger partial charge on any atom is -0.379 e. The van der Waals surface area contributed by atoms with Gasteiger partial charge in [0.1, 0.15) is 0 Å². The van der Waals surface area contributed by atoms with Gasteiger partial charge in [-0.1, -0.05) is 6.92 Å². The van der Waals surface area contributed by atoms with Crippen LogP contribution in [0.15, 0.2) is 0 Å². The highest BCUT2D eigenvalue weighted by Crippen LogP contribution is 2.14. The number of hydrogen-bond acceptors (Lipinski definition) is 3. The van der Waals surface area contributed by atoms with E-state index in [-0.39, 0.29) is 23.9 Å². The molecule has 0 aromatic carbocycles. The summed E-state index contributed by atoms with van der Waals surface area (Å²) in [6.45, 7) is 6.05. The van der Waals surface area contributed by atoms with Gasteiger partial charge in [-0.05, 0) is 19.9 Å². The van der Waals surface area contributed by atoms with E-state index in [0.29, 0.717) is 19.6 Å². The van der Waals surface area contributed by atoms with Crippen LogP contribution in [-0.4, -0.2) is 37.7 Å². The van der Waals surface area contributed by atoms with Crippen molar-refractivity contribution in [3.8, 4) is 12.3 Å². The van der Waals surface area contributed by atoms with Crippen LogP contribution in [0.3, 0.4) is 0 Å². The third-order valence-electron chi connectivity index (χ3n) is 2.89. The highest BCUT2D eigenvalue weighted by Gasteiger charge is 2.33. The van der Waals surface area contributed by atoms with Crippen molar-refractivity contribution in [1.82, 2.24) is 10.6 Å². The molecule has 0 aromatic heterocycles. The fourth-order valence-corrected chi connectivity index (χ4v) is 1.92. The Morgan fingerprint density at radius 3 is 3.00 bits per heavy atom. The van der Waals surface area contributed by atoms with Crippen LogP contribution >= 0.6 is 0 Å². The van der Waals surface area contributed by atoms with Crippen molar-refractivity contribution in [2.45, 2.75) is 38.8 Å². The third-order valence-corrected chi connectivity index (χ3v) is 2.89. The van der Waals surface area contributed by atoms with E-state index in [9.17, 15) is 4.79 Å². The van der Waals surface area contributed by atoms with Crippen LogP contribution in [0.1, 0.15) is 26.7 Å². The van der Waals surface area contributed by atoms with Gasteiger partial charge in [-0.15, -0.1) is 12.3 Å². The van der Waals surface area contributed by atoms with Gasteiger partial charge in [0.15, 0.2) is 0 Å². The second kappa shape index (κ2) is 7.31. The average molecular weight is 238 g/mol. The van der Waals surface area contributed by atoms with Crippen LogP contribution in [0.2, 0.25) is 0 Å². The second-order valence-electron chi connectivity index (χ2n) is 4.52. The van der Waals surface area contributed by atoms with Crippen molar-refractivity contribution in [2.75, 3.05) is 19.8 Å². The van der Waals surface area contributed by atoms with Gasteiger partial charge < -0.3 is 15.4 Å². The van der Waals surface area contributed by atoms with Gasteiger partial charge in [0.05, 0.1) is 19.1 Å². The SMILES string of the molecule is C#CCC(C)NC(=O)C1COCC1NCCC. The first kappa shape index (κ1) is 14.0. The molecule has 4 heteroatoms. The number of terminal acetylenes is 1. The molecule has 0 radical (unpaired) electrons. The smallest absolute Gasteiger partial charge is 0.227 e. The van der Waals surface area contributed by atoms with E-state index in [1.165, 1.54) is 0 Å². The van der Waals surface area contributed by atoms with Crippen LogP contribution in [0.4, 0.5) is 0 Å². The van der Waals surface area contributed by atoms with Gasteiger partial charge in [-0.3, -0.25) is 4.79 Å². The Morgan fingerprint density at radius 1 is 1.59 bits per heavy atom. The second-order valence-corrected chi connectivity index (χ2v) is 4.52. The molecule has 2 N–H and O–H groups in total. The molecule has 3 atom stereocenters. The zero-order valence-electron chi connectivity index (χ0n) is 10.7. The Hall–Kier alpha value is -1.05. The lowest BCUT2D eigenvalue weighted by molar-refractivity contribution is -0.126. The molecule has 1 heterocycles. The van der Waals surface area contributed by atoms with E-state index in [1.807, 2.05) is 6.92 Å². The minimum absolute atomic E-state index is 0.0277. The molecule has 17 heavy (non-hydrogen) atoms. The van der Waals surface area contributed by atoms with E-state index < -0.39 is 0 Å². The predicted octanol–water partition coefficient (Wildman–Crippen LogP) is 0.529. The molecular weight excluding hydrogens is 216 g/mol. The molecule has 0 bridgehead atoms.